The topological polar surface area (TPSA) is 111 Å². The molecule has 1 unspecified atom stereocenters. The number of carbonyl (C=O) groups is 2. The van der Waals surface area contributed by atoms with Gasteiger partial charge >= 0.3 is 11.9 Å². The van der Waals surface area contributed by atoms with Crippen LogP contribution in [-0.2, 0) is 32.7 Å². The molecule has 0 aliphatic heterocycles. The van der Waals surface area contributed by atoms with Gasteiger partial charge in [0, 0.05) is 12.8 Å². The van der Waals surface area contributed by atoms with Crippen LogP contribution in [-0.4, -0.2) is 70.0 Å². The molecule has 0 rings (SSSR count). The molecular formula is C52H80NO8P. The van der Waals surface area contributed by atoms with E-state index in [9.17, 15) is 19.0 Å². The van der Waals surface area contributed by atoms with Gasteiger partial charge in [-0.05, 0) is 89.9 Å². The van der Waals surface area contributed by atoms with Crippen LogP contribution in [0.4, 0.5) is 0 Å². The van der Waals surface area contributed by atoms with Crippen LogP contribution in [0.25, 0.3) is 0 Å². The summed E-state index contributed by atoms with van der Waals surface area (Å²) in [7, 11) is 1.05. The van der Waals surface area contributed by atoms with Crippen LogP contribution in [0.5, 0.6) is 0 Å². The molecule has 0 aromatic heterocycles. The Kier molecular flexibility index (Phi) is 39.4. The summed E-state index contributed by atoms with van der Waals surface area (Å²) in [5.74, 6) is -1.05. The molecule has 0 spiro atoms. The summed E-state index contributed by atoms with van der Waals surface area (Å²) in [5.41, 5.74) is 0. The maximum Gasteiger partial charge on any atom is 0.306 e. The van der Waals surface area contributed by atoms with Gasteiger partial charge in [0.25, 0.3) is 7.82 Å². The zero-order chi connectivity index (χ0) is 45.7. The van der Waals surface area contributed by atoms with Gasteiger partial charge < -0.3 is 27.9 Å². The summed E-state index contributed by atoms with van der Waals surface area (Å²) in [4.78, 5) is 37.5. The zero-order valence-corrected chi connectivity index (χ0v) is 39.6. The number of carbonyl (C=O) groups excluding carboxylic acids is 2. The van der Waals surface area contributed by atoms with Crippen LogP contribution in [0.1, 0.15) is 117 Å². The quantitative estimate of drug-likeness (QED) is 0.0261. The van der Waals surface area contributed by atoms with Crippen molar-refractivity contribution in [2.45, 2.75) is 123 Å². The van der Waals surface area contributed by atoms with Gasteiger partial charge in [0.15, 0.2) is 6.10 Å². The summed E-state index contributed by atoms with van der Waals surface area (Å²) >= 11 is 0. The monoisotopic (exact) mass is 878 g/mol. The fraction of sp³-hybridized carbons (Fsp3) is 0.500. The number of hydrogen-bond acceptors (Lipinski definition) is 8. The standard InChI is InChI=1S/C52H80NO8P/c1-6-8-10-12-14-16-18-20-22-24-26-28-30-32-34-36-38-40-42-44-51(54)58-48-50(49-60-62(56,57)59-47-46-53(3,4)5)61-52(55)45-43-41-39-37-35-33-31-29-27-25-23-21-19-17-15-13-11-9-7-2/h8-11,14-17,20-23,26-29,32-35,38-41,50H,6-7,12-13,18-19,24-25,30-31,36-37,42-49H2,1-5H3/b10-8+,11-9+,16-14+,17-15+,22-20+,23-21+,28-26+,29-27+,34-32+,35-33+,40-38+,41-39+/t50-/m1/s1. The zero-order valence-electron chi connectivity index (χ0n) is 38.7. The van der Waals surface area contributed by atoms with Gasteiger partial charge in [-0.25, -0.2) is 0 Å². The minimum Gasteiger partial charge on any atom is -0.756 e. The summed E-state index contributed by atoms with van der Waals surface area (Å²) in [6.45, 7) is 3.78. The Morgan fingerprint density at radius 1 is 0.484 bits per heavy atom. The fourth-order valence-electron chi connectivity index (χ4n) is 4.94. The number of phosphoric acid groups is 1. The molecule has 0 aliphatic rings. The van der Waals surface area contributed by atoms with Crippen molar-refractivity contribution in [1.29, 1.82) is 0 Å². The molecule has 0 amide bonds. The van der Waals surface area contributed by atoms with E-state index in [1.54, 1.807) is 0 Å². The first kappa shape index (κ1) is 57.9. The lowest BCUT2D eigenvalue weighted by Gasteiger charge is -2.28. The predicted molar refractivity (Wildman–Crippen MR) is 258 cm³/mol. The number of nitrogens with zero attached hydrogens (tertiary/aromatic N) is 1. The Balaban J connectivity index is 4.63. The van der Waals surface area contributed by atoms with E-state index in [1.807, 2.05) is 45.4 Å². The first-order chi connectivity index (χ1) is 30.0. The number of rotatable bonds is 38. The van der Waals surface area contributed by atoms with E-state index in [-0.39, 0.29) is 26.1 Å². The molecule has 0 radical (unpaired) electrons. The first-order valence-corrected chi connectivity index (χ1v) is 24.0. The third kappa shape index (κ3) is 45.4. The molecule has 0 saturated heterocycles. The summed E-state index contributed by atoms with van der Waals surface area (Å²) < 4.78 is 33.7. The van der Waals surface area contributed by atoms with Crippen molar-refractivity contribution in [1.82, 2.24) is 0 Å². The van der Waals surface area contributed by atoms with Crippen molar-refractivity contribution in [2.24, 2.45) is 0 Å². The van der Waals surface area contributed by atoms with Crippen LogP contribution in [0.15, 0.2) is 146 Å². The van der Waals surface area contributed by atoms with Crippen LogP contribution in [0.2, 0.25) is 0 Å². The van der Waals surface area contributed by atoms with Crippen molar-refractivity contribution in [2.75, 3.05) is 47.5 Å². The highest BCUT2D eigenvalue weighted by Crippen LogP contribution is 2.38. The van der Waals surface area contributed by atoms with Crippen molar-refractivity contribution >= 4 is 19.8 Å². The molecular weight excluding hydrogens is 798 g/mol. The minimum absolute atomic E-state index is 0.0652. The van der Waals surface area contributed by atoms with Gasteiger partial charge in [-0.1, -0.05) is 160 Å². The maximum absolute atomic E-state index is 12.7. The number of likely N-dealkylation sites (N-methyl/N-ethyl adjacent to an activating group) is 1. The Hall–Kier alpha value is -4.11. The second kappa shape index (κ2) is 42.2. The highest BCUT2D eigenvalue weighted by molar-refractivity contribution is 7.45. The highest BCUT2D eigenvalue weighted by Gasteiger charge is 2.21. The number of allylic oxidation sites excluding steroid dienone is 24. The van der Waals surface area contributed by atoms with Crippen molar-refractivity contribution in [3.05, 3.63) is 146 Å². The number of hydrogen-bond donors (Lipinski definition) is 0. The van der Waals surface area contributed by atoms with Crippen molar-refractivity contribution in [3.63, 3.8) is 0 Å². The number of quaternary nitrogens is 1. The van der Waals surface area contributed by atoms with Crippen LogP contribution < -0.4 is 4.89 Å². The fourth-order valence-corrected chi connectivity index (χ4v) is 5.67. The molecule has 0 bridgehead atoms. The molecule has 0 heterocycles. The Bertz CT molecular complexity index is 1550. The number of esters is 2. The Morgan fingerprint density at radius 2 is 0.806 bits per heavy atom. The molecule has 0 aromatic carbocycles. The van der Waals surface area contributed by atoms with Crippen LogP contribution >= 0.6 is 7.82 Å². The van der Waals surface area contributed by atoms with Gasteiger partial charge in [-0.15, -0.1) is 0 Å². The number of phosphoric ester groups is 1. The first-order valence-electron chi connectivity index (χ1n) is 22.5. The Morgan fingerprint density at radius 3 is 1.15 bits per heavy atom. The molecule has 10 heteroatoms. The average Bonchev–Trinajstić information content (AvgIpc) is 3.23. The van der Waals surface area contributed by atoms with E-state index < -0.39 is 32.5 Å². The molecule has 2 atom stereocenters. The number of ether oxygens (including phenoxy) is 2. The third-order valence-corrected chi connectivity index (χ3v) is 9.35. The van der Waals surface area contributed by atoms with Crippen molar-refractivity contribution in [3.8, 4) is 0 Å². The van der Waals surface area contributed by atoms with E-state index in [2.05, 4.69) is 135 Å². The van der Waals surface area contributed by atoms with Gasteiger partial charge in [-0.3, -0.25) is 14.2 Å². The lowest BCUT2D eigenvalue weighted by Crippen LogP contribution is -2.37. The molecule has 0 fully saturated rings. The highest BCUT2D eigenvalue weighted by atomic mass is 31.2. The van der Waals surface area contributed by atoms with Gasteiger partial charge in [0.05, 0.1) is 27.7 Å². The maximum atomic E-state index is 12.7. The summed E-state index contributed by atoms with van der Waals surface area (Å²) in [5, 5.41) is 0. The normalized spacial score (nSPS) is 14.9. The Labute approximate surface area is 376 Å². The molecule has 9 nitrogen and oxygen atoms in total. The van der Waals surface area contributed by atoms with E-state index in [4.69, 9.17) is 18.5 Å². The smallest absolute Gasteiger partial charge is 0.306 e. The van der Waals surface area contributed by atoms with Gasteiger partial charge in [0.2, 0.25) is 0 Å². The van der Waals surface area contributed by atoms with E-state index in [1.165, 1.54) is 0 Å². The predicted octanol–water partition coefficient (Wildman–Crippen LogP) is 12.6. The molecule has 346 valence electrons. The van der Waals surface area contributed by atoms with Crippen LogP contribution in [0.3, 0.4) is 0 Å². The largest absolute Gasteiger partial charge is 0.756 e. The molecule has 62 heavy (non-hydrogen) atoms. The minimum atomic E-state index is -4.68. The second-order valence-electron chi connectivity index (χ2n) is 15.3. The SMILES string of the molecule is CC/C=C/C/C=C/C/C=C/C/C=C/C/C=C/C/C=C/CCC(=O)OC[C@H](COP(=O)([O-])OCC[N+](C)(C)C)OC(=O)CC/C=C/C/C=C/C/C=C/C/C=C/C/C=C/C/C=C/CC. The summed E-state index contributed by atoms with van der Waals surface area (Å²) in [6, 6.07) is 0. The van der Waals surface area contributed by atoms with Crippen molar-refractivity contribution < 1.29 is 42.1 Å². The molecule has 0 aliphatic carbocycles. The van der Waals surface area contributed by atoms with Gasteiger partial charge in [0.1, 0.15) is 19.8 Å². The lowest BCUT2D eigenvalue weighted by atomic mass is 10.2. The second-order valence-corrected chi connectivity index (χ2v) is 16.7. The van der Waals surface area contributed by atoms with Crippen LogP contribution in [0, 0.1) is 0 Å². The molecule has 0 saturated carbocycles. The van der Waals surface area contributed by atoms with Gasteiger partial charge in [-0.2, -0.15) is 0 Å². The average molecular weight is 878 g/mol. The van der Waals surface area contributed by atoms with E-state index in [0.717, 1.165) is 77.0 Å². The van der Waals surface area contributed by atoms with E-state index >= 15 is 0 Å². The summed E-state index contributed by atoms with van der Waals surface area (Å²) in [6.07, 6.45) is 62.0. The molecule has 0 N–H and O–H groups in total. The molecule has 0 aromatic rings. The lowest BCUT2D eigenvalue weighted by molar-refractivity contribution is -0.870. The van der Waals surface area contributed by atoms with E-state index in [0.29, 0.717) is 23.9 Å². The third-order valence-electron chi connectivity index (χ3n) is 8.38.